The number of fused-ring (bicyclic) bond motifs is 1. The number of benzene rings is 1. The molecule has 0 amide bonds. The average Bonchev–Trinajstić information content (AvgIpc) is 3.16. The third-order valence-corrected chi connectivity index (χ3v) is 7.66. The van der Waals surface area contributed by atoms with Crippen LogP contribution < -0.4 is 4.74 Å². The van der Waals surface area contributed by atoms with Gasteiger partial charge in [0.2, 0.25) is 6.29 Å². The number of ether oxygens (including phenoxy) is 6. The fourth-order valence-corrected chi connectivity index (χ4v) is 5.37. The smallest absolute Gasteiger partial charge is 0.339 e. The Kier molecular flexibility index (Phi) is 9.06. The van der Waals surface area contributed by atoms with Crippen molar-refractivity contribution >= 4 is 18.0 Å². The zero-order valence-corrected chi connectivity index (χ0v) is 22.5. The lowest BCUT2D eigenvalue weighted by molar-refractivity contribution is -0.352. The fraction of sp³-hybridized carbons (Fsp3) is 0.556. The van der Waals surface area contributed by atoms with Crippen molar-refractivity contribution in [3.05, 3.63) is 47.7 Å². The maximum atomic E-state index is 12.7. The second-order valence-corrected chi connectivity index (χ2v) is 10.2. The molecule has 14 nitrogen and oxygen atoms in total. The summed E-state index contributed by atoms with van der Waals surface area (Å²) >= 11 is 0. The monoisotopic (exact) mass is 582 g/mol. The van der Waals surface area contributed by atoms with Crippen LogP contribution in [0.1, 0.15) is 18.9 Å². The van der Waals surface area contributed by atoms with Crippen molar-refractivity contribution in [2.24, 2.45) is 5.92 Å². The van der Waals surface area contributed by atoms with E-state index in [1.54, 1.807) is 24.3 Å². The Balaban J connectivity index is 1.58. The van der Waals surface area contributed by atoms with Crippen LogP contribution in [0.25, 0.3) is 6.08 Å². The number of aliphatic hydroxyl groups is 6. The van der Waals surface area contributed by atoms with Crippen LogP contribution in [0.2, 0.25) is 0 Å². The van der Waals surface area contributed by atoms with Gasteiger partial charge < -0.3 is 59.1 Å². The number of rotatable bonds is 8. The minimum atomic E-state index is -2.21. The van der Waals surface area contributed by atoms with Gasteiger partial charge in [0.25, 0.3) is 0 Å². The minimum Gasteiger partial charge on any atom is -0.497 e. The van der Waals surface area contributed by atoms with Gasteiger partial charge in [0, 0.05) is 12.5 Å². The number of aliphatic hydroxyl groups excluding tert-OH is 4. The van der Waals surface area contributed by atoms with Crippen molar-refractivity contribution in [2.75, 3.05) is 20.8 Å². The molecule has 2 aliphatic heterocycles. The number of hydrogen-bond acceptors (Lipinski definition) is 14. The van der Waals surface area contributed by atoms with Crippen molar-refractivity contribution in [1.82, 2.24) is 0 Å². The summed E-state index contributed by atoms with van der Waals surface area (Å²) < 4.78 is 31.9. The molecule has 0 radical (unpaired) electrons. The molecule has 10 atom stereocenters. The summed E-state index contributed by atoms with van der Waals surface area (Å²) in [5.74, 6) is -2.74. The van der Waals surface area contributed by atoms with E-state index in [0.29, 0.717) is 11.3 Å². The molecule has 1 aliphatic carbocycles. The highest BCUT2D eigenvalue weighted by atomic mass is 16.8. The maximum absolute atomic E-state index is 12.7. The first-order chi connectivity index (χ1) is 19.4. The summed E-state index contributed by atoms with van der Waals surface area (Å²) in [4.78, 5) is 25.3. The molecule has 0 spiro atoms. The summed E-state index contributed by atoms with van der Waals surface area (Å²) in [5, 5.41) is 63.4. The third-order valence-electron chi connectivity index (χ3n) is 7.66. The Labute approximate surface area is 234 Å². The SMILES string of the molecule is COC(=O)C1=CO[C@@H](O[C@@H]2O[C@@H](CO)[C@@H](O)[C@H](O)[C@@H]2O)[C@@H]2[C@@](C)(O)[C@@H](OC(=O)/C=C/c3ccc(OC)cc3)C[C@]12O. The molecule has 0 bridgehead atoms. The zero-order valence-electron chi connectivity index (χ0n) is 22.5. The summed E-state index contributed by atoms with van der Waals surface area (Å²) in [6, 6.07) is 6.81. The van der Waals surface area contributed by atoms with Crippen LogP contribution in [0, 0.1) is 5.92 Å². The van der Waals surface area contributed by atoms with E-state index in [2.05, 4.69) is 0 Å². The fourth-order valence-electron chi connectivity index (χ4n) is 5.37. The van der Waals surface area contributed by atoms with Crippen molar-refractivity contribution in [3.8, 4) is 5.75 Å². The Hall–Kier alpha value is -3.08. The number of hydrogen-bond donors (Lipinski definition) is 6. The molecule has 1 saturated carbocycles. The molecule has 6 N–H and O–H groups in total. The van der Waals surface area contributed by atoms with Gasteiger partial charge in [-0.3, -0.25) is 0 Å². The van der Waals surface area contributed by atoms with E-state index in [1.165, 1.54) is 20.1 Å². The molecule has 14 heteroatoms. The van der Waals surface area contributed by atoms with Crippen molar-refractivity contribution < 1.29 is 68.6 Å². The van der Waals surface area contributed by atoms with Gasteiger partial charge in [0.05, 0.1) is 33.0 Å². The Bertz CT molecular complexity index is 1160. The highest BCUT2D eigenvalue weighted by molar-refractivity contribution is 5.91. The minimum absolute atomic E-state index is 0.383. The van der Waals surface area contributed by atoms with Crippen molar-refractivity contribution in [2.45, 2.75) is 67.6 Å². The first-order valence-corrected chi connectivity index (χ1v) is 12.7. The van der Waals surface area contributed by atoms with Gasteiger partial charge in [-0.05, 0) is 30.7 Å². The van der Waals surface area contributed by atoms with Crippen LogP contribution in [0.3, 0.4) is 0 Å². The molecule has 2 heterocycles. The van der Waals surface area contributed by atoms with Crippen LogP contribution in [0.5, 0.6) is 5.75 Å². The largest absolute Gasteiger partial charge is 0.497 e. The van der Waals surface area contributed by atoms with Gasteiger partial charge >= 0.3 is 11.9 Å². The highest BCUT2D eigenvalue weighted by Gasteiger charge is 2.69. The number of methoxy groups -OCH3 is 2. The van der Waals surface area contributed by atoms with Gasteiger partial charge in [-0.1, -0.05) is 12.1 Å². The molecule has 1 aromatic carbocycles. The van der Waals surface area contributed by atoms with E-state index in [4.69, 9.17) is 28.4 Å². The van der Waals surface area contributed by atoms with Gasteiger partial charge in [0.1, 0.15) is 53.0 Å². The standard InChI is InChI=1S/C27H34O14/c1-26(34)17(40-18(29)9-6-13-4-7-14(36-2)8-5-13)10-27(35)15(23(33)37-3)12-38-25(22(26)27)41-24-21(32)20(31)19(30)16(11-28)39-24/h4-9,12,16-17,19-22,24-25,28,30-32,34-35H,10-11H2,1-3H3/b9-6+/t16-,17-,19+,20-,21-,22+,24-,25-,26-,27-/m0/s1. The first kappa shape index (κ1) is 30.9. The second-order valence-electron chi connectivity index (χ2n) is 10.2. The van der Waals surface area contributed by atoms with Crippen LogP contribution in [0.15, 0.2) is 42.2 Å². The molecule has 2 fully saturated rings. The van der Waals surface area contributed by atoms with E-state index in [0.717, 1.165) is 19.4 Å². The van der Waals surface area contributed by atoms with Crippen LogP contribution in [-0.2, 0) is 33.3 Å². The van der Waals surface area contributed by atoms with E-state index < -0.39 is 85.2 Å². The van der Waals surface area contributed by atoms with Gasteiger partial charge in [-0.25, -0.2) is 9.59 Å². The molecule has 0 aromatic heterocycles. The Morgan fingerprint density at radius 3 is 2.34 bits per heavy atom. The van der Waals surface area contributed by atoms with Gasteiger partial charge in [-0.15, -0.1) is 0 Å². The summed E-state index contributed by atoms with van der Waals surface area (Å²) in [7, 11) is 2.60. The molecule has 3 aliphatic rings. The van der Waals surface area contributed by atoms with Gasteiger partial charge in [0.15, 0.2) is 6.29 Å². The number of carbonyl (C=O) groups is 2. The second kappa shape index (κ2) is 12.0. The molecule has 1 aromatic rings. The van der Waals surface area contributed by atoms with Crippen LogP contribution in [-0.4, -0.2) is 118 Å². The topological polar surface area (TPSA) is 211 Å². The van der Waals surface area contributed by atoms with Crippen LogP contribution >= 0.6 is 0 Å². The first-order valence-electron chi connectivity index (χ1n) is 12.7. The van der Waals surface area contributed by atoms with Crippen molar-refractivity contribution in [1.29, 1.82) is 0 Å². The molecule has 0 unspecified atom stereocenters. The van der Waals surface area contributed by atoms with Crippen LogP contribution in [0.4, 0.5) is 0 Å². The average molecular weight is 583 g/mol. The third kappa shape index (κ3) is 5.82. The molecule has 4 rings (SSSR count). The molecular weight excluding hydrogens is 548 g/mol. The summed E-state index contributed by atoms with van der Waals surface area (Å²) in [6.07, 6.45) is -8.29. The summed E-state index contributed by atoms with van der Waals surface area (Å²) in [6.45, 7) is 0.518. The normalized spacial score (nSPS) is 38.5. The lowest BCUT2D eigenvalue weighted by Crippen LogP contribution is -2.62. The lowest BCUT2D eigenvalue weighted by atomic mass is 9.77. The molecular formula is C27H34O14. The predicted molar refractivity (Wildman–Crippen MR) is 135 cm³/mol. The zero-order chi connectivity index (χ0) is 30.1. The highest BCUT2D eigenvalue weighted by Crippen LogP contribution is 2.53. The molecule has 1 saturated heterocycles. The van der Waals surface area contributed by atoms with Crippen molar-refractivity contribution in [3.63, 3.8) is 0 Å². The number of carbonyl (C=O) groups excluding carboxylic acids is 2. The number of esters is 2. The van der Waals surface area contributed by atoms with E-state index in [9.17, 15) is 40.2 Å². The quantitative estimate of drug-likeness (QED) is 0.150. The van der Waals surface area contributed by atoms with E-state index in [-0.39, 0.29) is 5.57 Å². The maximum Gasteiger partial charge on any atom is 0.339 e. The Morgan fingerprint density at radius 1 is 1.05 bits per heavy atom. The predicted octanol–water partition coefficient (Wildman–Crippen LogP) is -1.65. The van der Waals surface area contributed by atoms with E-state index in [1.807, 2.05) is 0 Å². The lowest BCUT2D eigenvalue weighted by Gasteiger charge is -2.46. The molecule has 226 valence electrons. The van der Waals surface area contributed by atoms with E-state index >= 15 is 0 Å². The molecule has 41 heavy (non-hydrogen) atoms. The van der Waals surface area contributed by atoms with Gasteiger partial charge in [-0.2, -0.15) is 0 Å². The summed E-state index contributed by atoms with van der Waals surface area (Å²) in [5.41, 5.74) is -4.03. The Morgan fingerprint density at radius 2 is 1.73 bits per heavy atom.